The summed E-state index contributed by atoms with van der Waals surface area (Å²) in [4.78, 5) is 11.8. The topological polar surface area (TPSA) is 96.3 Å². The maximum absolute atomic E-state index is 12.1. The van der Waals surface area contributed by atoms with Gasteiger partial charge in [-0.05, 0) is 49.2 Å². The molecule has 0 radical (unpaired) electrons. The Bertz CT molecular complexity index is 913. The molecule has 0 bridgehead atoms. The Labute approximate surface area is 147 Å². The second-order valence-electron chi connectivity index (χ2n) is 5.55. The molecule has 0 saturated carbocycles. The average Bonchev–Trinajstić information content (AvgIpc) is 2.61. The lowest BCUT2D eigenvalue weighted by Gasteiger charge is -2.10. The van der Waals surface area contributed by atoms with Crippen molar-refractivity contribution >= 4 is 16.0 Å². The van der Waals surface area contributed by atoms with Gasteiger partial charge in [-0.15, -0.1) is 0 Å². The van der Waals surface area contributed by atoms with E-state index in [1.807, 2.05) is 38.1 Å². The molecule has 6 nitrogen and oxygen atoms in total. The lowest BCUT2D eigenvalue weighted by molar-refractivity contribution is -0.143. The number of benzene rings is 2. The second-order valence-corrected chi connectivity index (χ2v) is 7.32. The van der Waals surface area contributed by atoms with Crippen LogP contribution in [0.5, 0.6) is 0 Å². The predicted octanol–water partition coefficient (Wildman–Crippen LogP) is 2.20. The number of nitrogens with one attached hydrogen (secondary N) is 1. The minimum absolute atomic E-state index is 0.0196. The summed E-state index contributed by atoms with van der Waals surface area (Å²) >= 11 is 0. The van der Waals surface area contributed by atoms with Crippen molar-refractivity contribution < 1.29 is 17.9 Å². The van der Waals surface area contributed by atoms with Crippen LogP contribution in [0.4, 0.5) is 0 Å². The van der Waals surface area contributed by atoms with E-state index in [-0.39, 0.29) is 11.5 Å². The second kappa shape index (κ2) is 7.92. The molecule has 7 heteroatoms. The van der Waals surface area contributed by atoms with E-state index in [9.17, 15) is 13.2 Å². The SMILES string of the molecule is Cc1ccc(C)c(COC(=O)CNS(=O)(=O)c2ccc(C#N)cc2)c1. The van der Waals surface area contributed by atoms with Crippen molar-refractivity contribution in [3.63, 3.8) is 0 Å². The van der Waals surface area contributed by atoms with Gasteiger partial charge in [0.15, 0.2) is 0 Å². The smallest absolute Gasteiger partial charge is 0.321 e. The Morgan fingerprint density at radius 3 is 2.48 bits per heavy atom. The number of nitriles is 1. The first-order valence-corrected chi connectivity index (χ1v) is 9.02. The van der Waals surface area contributed by atoms with Crippen LogP contribution in [0.15, 0.2) is 47.4 Å². The number of nitrogens with zero attached hydrogens (tertiary/aromatic N) is 1. The maximum atomic E-state index is 12.1. The molecule has 0 heterocycles. The van der Waals surface area contributed by atoms with Gasteiger partial charge >= 0.3 is 5.97 Å². The van der Waals surface area contributed by atoms with Crippen LogP contribution in [0, 0.1) is 25.2 Å². The largest absolute Gasteiger partial charge is 0.460 e. The predicted molar refractivity (Wildman–Crippen MR) is 92.1 cm³/mol. The first-order chi connectivity index (χ1) is 11.8. The van der Waals surface area contributed by atoms with E-state index in [1.54, 1.807) is 0 Å². The van der Waals surface area contributed by atoms with Gasteiger partial charge in [0.25, 0.3) is 0 Å². The number of hydrogen-bond acceptors (Lipinski definition) is 5. The van der Waals surface area contributed by atoms with Gasteiger partial charge in [-0.1, -0.05) is 23.8 Å². The normalized spacial score (nSPS) is 10.9. The van der Waals surface area contributed by atoms with Crippen LogP contribution in [0.2, 0.25) is 0 Å². The van der Waals surface area contributed by atoms with Gasteiger partial charge in [0.1, 0.15) is 13.2 Å². The number of ether oxygens (including phenoxy) is 1. The number of rotatable bonds is 6. The van der Waals surface area contributed by atoms with Crippen LogP contribution in [-0.2, 0) is 26.2 Å². The van der Waals surface area contributed by atoms with Crippen LogP contribution >= 0.6 is 0 Å². The van der Waals surface area contributed by atoms with Crippen molar-refractivity contribution in [3.8, 4) is 6.07 Å². The van der Waals surface area contributed by atoms with Gasteiger partial charge in [0.05, 0.1) is 16.5 Å². The molecule has 0 fully saturated rings. The Balaban J connectivity index is 1.92. The molecular formula is C18H18N2O4S. The van der Waals surface area contributed by atoms with Crippen molar-refractivity contribution in [1.82, 2.24) is 4.72 Å². The highest BCUT2D eigenvalue weighted by atomic mass is 32.2. The van der Waals surface area contributed by atoms with Crippen LogP contribution in [0.1, 0.15) is 22.3 Å². The number of sulfonamides is 1. The van der Waals surface area contributed by atoms with Crippen molar-refractivity contribution in [2.24, 2.45) is 0 Å². The minimum atomic E-state index is -3.84. The summed E-state index contributed by atoms with van der Waals surface area (Å²) in [6.07, 6.45) is 0. The fraction of sp³-hybridized carbons (Fsp3) is 0.222. The van der Waals surface area contributed by atoms with Gasteiger partial charge in [-0.2, -0.15) is 9.98 Å². The summed E-state index contributed by atoms with van der Waals surface area (Å²) in [6, 6.07) is 13.1. The van der Waals surface area contributed by atoms with E-state index >= 15 is 0 Å². The third kappa shape index (κ3) is 5.14. The van der Waals surface area contributed by atoms with Gasteiger partial charge in [-0.25, -0.2) is 8.42 Å². The van der Waals surface area contributed by atoms with Crippen molar-refractivity contribution in [2.45, 2.75) is 25.3 Å². The van der Waals surface area contributed by atoms with Gasteiger partial charge in [0.2, 0.25) is 10.0 Å². The summed E-state index contributed by atoms with van der Waals surface area (Å²) in [5.41, 5.74) is 3.28. The molecule has 0 spiro atoms. The Morgan fingerprint density at radius 1 is 1.16 bits per heavy atom. The molecule has 0 aliphatic rings. The average molecular weight is 358 g/mol. The van der Waals surface area contributed by atoms with Gasteiger partial charge in [-0.3, -0.25) is 4.79 Å². The zero-order valence-electron chi connectivity index (χ0n) is 13.9. The lowest BCUT2D eigenvalue weighted by atomic mass is 10.1. The van der Waals surface area contributed by atoms with Crippen molar-refractivity contribution in [3.05, 3.63) is 64.7 Å². The minimum Gasteiger partial charge on any atom is -0.460 e. The van der Waals surface area contributed by atoms with E-state index in [0.29, 0.717) is 5.56 Å². The monoisotopic (exact) mass is 358 g/mol. The highest BCUT2D eigenvalue weighted by molar-refractivity contribution is 7.89. The molecule has 2 aromatic carbocycles. The number of hydrogen-bond donors (Lipinski definition) is 1. The number of aryl methyl sites for hydroxylation is 2. The van der Waals surface area contributed by atoms with Crippen LogP contribution in [0.3, 0.4) is 0 Å². The third-order valence-electron chi connectivity index (χ3n) is 3.59. The van der Waals surface area contributed by atoms with Gasteiger partial charge in [0, 0.05) is 0 Å². The maximum Gasteiger partial charge on any atom is 0.321 e. The Kier molecular flexibility index (Phi) is 5.91. The first-order valence-electron chi connectivity index (χ1n) is 7.53. The zero-order chi connectivity index (χ0) is 18.4. The molecule has 0 unspecified atom stereocenters. The standard InChI is InChI=1S/C18H18N2O4S/c1-13-3-4-14(2)16(9-13)12-24-18(21)11-20-25(22,23)17-7-5-15(10-19)6-8-17/h3-9,20H,11-12H2,1-2H3. The molecule has 2 aromatic rings. The molecule has 2 rings (SSSR count). The molecule has 0 atom stereocenters. The first kappa shape index (κ1) is 18.6. The highest BCUT2D eigenvalue weighted by Crippen LogP contribution is 2.12. The van der Waals surface area contributed by atoms with Gasteiger partial charge < -0.3 is 4.74 Å². The molecule has 0 amide bonds. The number of carbonyl (C=O) groups excluding carboxylic acids is 1. The van der Waals surface area contributed by atoms with Crippen molar-refractivity contribution in [1.29, 1.82) is 5.26 Å². The highest BCUT2D eigenvalue weighted by Gasteiger charge is 2.16. The van der Waals surface area contributed by atoms with E-state index < -0.39 is 22.5 Å². The summed E-state index contributed by atoms with van der Waals surface area (Å²) < 4.78 is 31.5. The quantitative estimate of drug-likeness (QED) is 0.799. The molecule has 1 N–H and O–H groups in total. The summed E-state index contributed by atoms with van der Waals surface area (Å²) in [7, 11) is -3.84. The molecule has 0 saturated heterocycles. The fourth-order valence-corrected chi connectivity index (χ4v) is 3.08. The van der Waals surface area contributed by atoms with E-state index in [4.69, 9.17) is 10.00 Å². The zero-order valence-corrected chi connectivity index (χ0v) is 14.8. The van der Waals surface area contributed by atoms with Crippen LogP contribution in [-0.4, -0.2) is 20.9 Å². The molecule has 0 aromatic heterocycles. The molecule has 0 aliphatic carbocycles. The third-order valence-corrected chi connectivity index (χ3v) is 5.01. The summed E-state index contributed by atoms with van der Waals surface area (Å²) in [5, 5.41) is 8.72. The number of carbonyl (C=O) groups is 1. The fourth-order valence-electron chi connectivity index (χ4n) is 2.11. The van der Waals surface area contributed by atoms with E-state index in [1.165, 1.54) is 24.3 Å². The van der Waals surface area contributed by atoms with Crippen molar-refractivity contribution in [2.75, 3.05) is 6.54 Å². The summed E-state index contributed by atoms with van der Waals surface area (Å²) in [5.74, 6) is -0.668. The van der Waals surface area contributed by atoms with Crippen LogP contribution < -0.4 is 4.72 Å². The molecular weight excluding hydrogens is 340 g/mol. The van der Waals surface area contributed by atoms with E-state index in [2.05, 4.69) is 4.72 Å². The Hall–Kier alpha value is -2.69. The Morgan fingerprint density at radius 2 is 1.84 bits per heavy atom. The molecule has 0 aliphatic heterocycles. The molecule has 130 valence electrons. The van der Waals surface area contributed by atoms with Crippen LogP contribution in [0.25, 0.3) is 0 Å². The van der Waals surface area contributed by atoms with E-state index in [0.717, 1.165) is 16.7 Å². The molecule has 25 heavy (non-hydrogen) atoms. The lowest BCUT2D eigenvalue weighted by Crippen LogP contribution is -2.30. The number of esters is 1. The summed E-state index contributed by atoms with van der Waals surface area (Å²) in [6.45, 7) is 3.48.